The summed E-state index contributed by atoms with van der Waals surface area (Å²) in [5.41, 5.74) is 7.21. The van der Waals surface area contributed by atoms with Crippen molar-refractivity contribution in [3.63, 3.8) is 0 Å². The van der Waals surface area contributed by atoms with Crippen LogP contribution in [0.25, 0.3) is 0 Å². The second kappa shape index (κ2) is 10.8. The van der Waals surface area contributed by atoms with Crippen molar-refractivity contribution in [1.29, 1.82) is 0 Å². The van der Waals surface area contributed by atoms with Gasteiger partial charge in [-0.3, -0.25) is 20.4 Å². The zero-order valence-corrected chi connectivity index (χ0v) is 18.4. The molecule has 3 aromatic carbocycles. The third-order valence-electron chi connectivity index (χ3n) is 4.28. The van der Waals surface area contributed by atoms with Crippen LogP contribution in [0.15, 0.2) is 77.3 Å². The van der Waals surface area contributed by atoms with E-state index >= 15 is 0 Å². The van der Waals surface area contributed by atoms with Crippen LogP contribution in [0.4, 0.5) is 0 Å². The zero-order chi connectivity index (χ0) is 21.3. The first-order chi connectivity index (χ1) is 14.5. The molecule has 2 amide bonds. The highest BCUT2D eigenvalue weighted by Crippen LogP contribution is 2.26. The summed E-state index contributed by atoms with van der Waals surface area (Å²) >= 11 is 9.26. The molecular formula is C23H20BrClN2O3. The topological polar surface area (TPSA) is 67.4 Å². The number of hydrazine groups is 1. The molecule has 0 saturated heterocycles. The van der Waals surface area contributed by atoms with E-state index in [0.717, 1.165) is 12.0 Å². The SMILES string of the molecule is O=C(Cc1ccc(Cl)cc1)NNC(=O)c1ccc(OCCc2ccccc2)c(Br)c1. The molecule has 3 rings (SSSR count). The van der Waals surface area contributed by atoms with Crippen LogP contribution in [0.5, 0.6) is 5.75 Å². The van der Waals surface area contributed by atoms with Gasteiger partial charge in [0.15, 0.2) is 0 Å². The zero-order valence-electron chi connectivity index (χ0n) is 16.0. The molecule has 0 aliphatic rings. The lowest BCUT2D eigenvalue weighted by Crippen LogP contribution is -2.42. The van der Waals surface area contributed by atoms with Gasteiger partial charge in [0.25, 0.3) is 5.91 Å². The van der Waals surface area contributed by atoms with Crippen LogP contribution in [-0.2, 0) is 17.6 Å². The Kier molecular flexibility index (Phi) is 7.88. The lowest BCUT2D eigenvalue weighted by Gasteiger charge is -2.11. The lowest BCUT2D eigenvalue weighted by atomic mass is 10.1. The predicted octanol–water partition coefficient (Wildman–Crippen LogP) is 4.73. The first-order valence-corrected chi connectivity index (χ1v) is 10.5. The van der Waals surface area contributed by atoms with E-state index in [2.05, 4.69) is 26.8 Å². The predicted molar refractivity (Wildman–Crippen MR) is 121 cm³/mol. The molecule has 0 aliphatic heterocycles. The van der Waals surface area contributed by atoms with Gasteiger partial charge in [0, 0.05) is 17.0 Å². The van der Waals surface area contributed by atoms with Crippen LogP contribution in [-0.4, -0.2) is 18.4 Å². The van der Waals surface area contributed by atoms with Crippen molar-refractivity contribution in [3.05, 3.63) is 99.0 Å². The summed E-state index contributed by atoms with van der Waals surface area (Å²) in [6.45, 7) is 0.523. The summed E-state index contributed by atoms with van der Waals surface area (Å²) in [7, 11) is 0. The summed E-state index contributed by atoms with van der Waals surface area (Å²) < 4.78 is 6.45. The number of hydrogen-bond acceptors (Lipinski definition) is 3. The Balaban J connectivity index is 1.48. The number of carbonyl (C=O) groups is 2. The maximum atomic E-state index is 12.3. The Morgan fingerprint density at radius 1 is 0.900 bits per heavy atom. The van der Waals surface area contributed by atoms with Gasteiger partial charge in [0.2, 0.25) is 5.91 Å². The number of benzene rings is 3. The highest BCUT2D eigenvalue weighted by molar-refractivity contribution is 9.10. The van der Waals surface area contributed by atoms with Crippen LogP contribution in [0.1, 0.15) is 21.5 Å². The molecule has 3 aromatic rings. The minimum atomic E-state index is -0.420. The third-order valence-corrected chi connectivity index (χ3v) is 5.15. The third kappa shape index (κ3) is 6.61. The molecule has 0 fully saturated rings. The van der Waals surface area contributed by atoms with E-state index < -0.39 is 5.91 Å². The normalized spacial score (nSPS) is 10.3. The summed E-state index contributed by atoms with van der Waals surface area (Å²) in [6.07, 6.45) is 0.921. The molecule has 0 bridgehead atoms. The number of amides is 2. The molecular weight excluding hydrogens is 468 g/mol. The quantitative estimate of drug-likeness (QED) is 0.474. The average molecular weight is 488 g/mol. The van der Waals surface area contributed by atoms with Crippen molar-refractivity contribution in [2.75, 3.05) is 6.61 Å². The summed E-state index contributed by atoms with van der Waals surface area (Å²) in [5, 5.41) is 0.602. The number of ether oxygens (including phenoxy) is 1. The Labute approximate surface area is 188 Å². The number of hydrogen-bond donors (Lipinski definition) is 2. The molecule has 5 nitrogen and oxygen atoms in total. The van der Waals surface area contributed by atoms with E-state index in [-0.39, 0.29) is 12.3 Å². The van der Waals surface area contributed by atoms with Crippen molar-refractivity contribution >= 4 is 39.3 Å². The number of rotatable bonds is 7. The Bertz CT molecular complexity index is 1010. The Hall–Kier alpha value is -2.83. The van der Waals surface area contributed by atoms with E-state index in [0.29, 0.717) is 27.4 Å². The molecule has 0 atom stereocenters. The van der Waals surface area contributed by atoms with Crippen molar-refractivity contribution in [1.82, 2.24) is 10.9 Å². The molecule has 2 N–H and O–H groups in total. The highest BCUT2D eigenvalue weighted by Gasteiger charge is 2.11. The highest BCUT2D eigenvalue weighted by atomic mass is 79.9. The van der Waals surface area contributed by atoms with Crippen LogP contribution in [0, 0.1) is 0 Å². The molecule has 30 heavy (non-hydrogen) atoms. The minimum absolute atomic E-state index is 0.134. The Morgan fingerprint density at radius 2 is 1.63 bits per heavy atom. The molecule has 0 radical (unpaired) electrons. The van der Waals surface area contributed by atoms with Gasteiger partial charge in [-0.15, -0.1) is 0 Å². The van der Waals surface area contributed by atoms with Crippen LogP contribution >= 0.6 is 27.5 Å². The number of carbonyl (C=O) groups excluding carboxylic acids is 2. The fourth-order valence-electron chi connectivity index (χ4n) is 2.71. The van der Waals surface area contributed by atoms with Gasteiger partial charge in [-0.05, 0) is 57.4 Å². The number of halogens is 2. The Morgan fingerprint density at radius 3 is 2.33 bits per heavy atom. The molecule has 0 spiro atoms. The average Bonchev–Trinajstić information content (AvgIpc) is 2.75. The molecule has 154 valence electrons. The second-order valence-corrected chi connectivity index (χ2v) is 7.83. The van der Waals surface area contributed by atoms with Gasteiger partial charge in [-0.2, -0.15) is 0 Å². The second-order valence-electron chi connectivity index (χ2n) is 6.53. The van der Waals surface area contributed by atoms with Crippen molar-refractivity contribution in [3.8, 4) is 5.75 Å². The fraction of sp³-hybridized carbons (Fsp3) is 0.130. The van der Waals surface area contributed by atoms with Crippen LogP contribution in [0.2, 0.25) is 5.02 Å². The first kappa shape index (κ1) is 21.9. The molecule has 0 heterocycles. The van der Waals surface area contributed by atoms with Gasteiger partial charge in [0.1, 0.15) is 5.75 Å². The van der Waals surface area contributed by atoms with Crippen LogP contribution < -0.4 is 15.6 Å². The molecule has 0 saturated carbocycles. The smallest absolute Gasteiger partial charge is 0.269 e. The van der Waals surface area contributed by atoms with Crippen molar-refractivity contribution in [2.24, 2.45) is 0 Å². The molecule has 0 unspecified atom stereocenters. The summed E-state index contributed by atoms with van der Waals surface area (Å²) in [6, 6.07) is 22.0. The first-order valence-electron chi connectivity index (χ1n) is 9.31. The summed E-state index contributed by atoms with van der Waals surface area (Å²) in [4.78, 5) is 24.3. The van der Waals surface area contributed by atoms with Crippen molar-refractivity contribution < 1.29 is 14.3 Å². The maximum absolute atomic E-state index is 12.3. The van der Waals surface area contributed by atoms with E-state index in [4.69, 9.17) is 16.3 Å². The van der Waals surface area contributed by atoms with Gasteiger partial charge in [-0.1, -0.05) is 54.1 Å². The van der Waals surface area contributed by atoms with Gasteiger partial charge in [-0.25, -0.2) is 0 Å². The van der Waals surface area contributed by atoms with Gasteiger partial charge < -0.3 is 4.74 Å². The van der Waals surface area contributed by atoms with Gasteiger partial charge in [0.05, 0.1) is 17.5 Å². The van der Waals surface area contributed by atoms with E-state index in [1.54, 1.807) is 42.5 Å². The maximum Gasteiger partial charge on any atom is 0.269 e. The number of nitrogens with one attached hydrogen (secondary N) is 2. The minimum Gasteiger partial charge on any atom is -0.492 e. The van der Waals surface area contributed by atoms with Gasteiger partial charge >= 0.3 is 0 Å². The van der Waals surface area contributed by atoms with Crippen molar-refractivity contribution in [2.45, 2.75) is 12.8 Å². The van der Waals surface area contributed by atoms with E-state index in [1.165, 1.54) is 5.56 Å². The summed E-state index contributed by atoms with van der Waals surface area (Å²) in [5.74, 6) is -0.101. The monoisotopic (exact) mass is 486 g/mol. The van der Waals surface area contributed by atoms with E-state index in [9.17, 15) is 9.59 Å². The molecule has 0 aromatic heterocycles. The lowest BCUT2D eigenvalue weighted by molar-refractivity contribution is -0.121. The molecule has 7 heteroatoms. The van der Waals surface area contributed by atoms with Crippen LogP contribution in [0.3, 0.4) is 0 Å². The largest absolute Gasteiger partial charge is 0.492 e. The molecule has 0 aliphatic carbocycles. The fourth-order valence-corrected chi connectivity index (χ4v) is 3.33. The van der Waals surface area contributed by atoms with E-state index in [1.807, 2.05) is 30.3 Å². The standard InChI is InChI=1S/C23H20BrClN2O3/c24-20-15-18(8-11-21(20)30-13-12-16-4-2-1-3-5-16)23(29)27-26-22(28)14-17-6-9-19(25)10-7-17/h1-11,15H,12-14H2,(H,26,28)(H,27,29).